The second-order valence-electron chi connectivity index (χ2n) is 4.01. The van der Waals surface area contributed by atoms with Crippen molar-refractivity contribution in [2.75, 3.05) is 5.32 Å². The topological polar surface area (TPSA) is 46.9 Å². The van der Waals surface area contributed by atoms with Crippen LogP contribution in [-0.4, -0.2) is 15.7 Å². The zero-order valence-corrected chi connectivity index (χ0v) is 11.9. The number of halogens is 2. The molecule has 1 N–H and O–H groups in total. The van der Waals surface area contributed by atoms with Crippen molar-refractivity contribution in [3.63, 3.8) is 0 Å². The minimum Gasteiger partial charge on any atom is -0.318 e. The maximum atomic E-state index is 12.0. The molecule has 0 spiro atoms. The number of nitrogens with one attached hydrogen (secondary N) is 1. The summed E-state index contributed by atoms with van der Waals surface area (Å²) in [6, 6.07) is 6.71. The van der Waals surface area contributed by atoms with E-state index in [0.29, 0.717) is 21.4 Å². The number of para-hydroxylation sites is 1. The molecule has 1 heterocycles. The Hall–Kier alpha value is -1.52. The molecule has 6 heteroatoms. The zero-order valence-electron chi connectivity index (χ0n) is 10.4. The van der Waals surface area contributed by atoms with Gasteiger partial charge in [0.25, 0.3) is 5.91 Å². The van der Waals surface area contributed by atoms with Crippen LogP contribution in [0.3, 0.4) is 0 Å². The van der Waals surface area contributed by atoms with Gasteiger partial charge in [0.2, 0.25) is 0 Å². The van der Waals surface area contributed by atoms with Gasteiger partial charge in [-0.2, -0.15) is 5.10 Å². The second kappa shape index (κ2) is 6.08. The van der Waals surface area contributed by atoms with Crippen molar-refractivity contribution in [3.8, 4) is 0 Å². The number of anilines is 1. The van der Waals surface area contributed by atoms with Crippen molar-refractivity contribution in [3.05, 3.63) is 46.2 Å². The van der Waals surface area contributed by atoms with Gasteiger partial charge in [0.1, 0.15) is 0 Å². The van der Waals surface area contributed by atoms with Crippen molar-refractivity contribution >= 4 is 34.8 Å². The third-order valence-electron chi connectivity index (χ3n) is 2.53. The Morgan fingerprint density at radius 3 is 2.63 bits per heavy atom. The summed E-state index contributed by atoms with van der Waals surface area (Å²) < 4.78 is 1.73. The summed E-state index contributed by atoms with van der Waals surface area (Å²) in [5.41, 5.74) is 0.741. The number of carbonyl (C=O) groups excluding carboxylic acids is 1. The summed E-state index contributed by atoms with van der Waals surface area (Å²) in [5.74, 6) is -0.329. The maximum Gasteiger partial charge on any atom is 0.276 e. The molecule has 1 aromatic heterocycles. The van der Waals surface area contributed by atoms with Crippen LogP contribution in [0.4, 0.5) is 5.69 Å². The average Bonchev–Trinajstić information content (AvgIpc) is 2.83. The van der Waals surface area contributed by atoms with Crippen LogP contribution in [0.2, 0.25) is 10.0 Å². The molecule has 2 rings (SSSR count). The van der Waals surface area contributed by atoms with E-state index in [9.17, 15) is 4.79 Å². The smallest absolute Gasteiger partial charge is 0.276 e. The Morgan fingerprint density at radius 2 is 2.00 bits per heavy atom. The van der Waals surface area contributed by atoms with Gasteiger partial charge in [-0.25, -0.2) is 0 Å². The highest BCUT2D eigenvalue weighted by molar-refractivity contribution is 6.39. The summed E-state index contributed by atoms with van der Waals surface area (Å²) in [4.78, 5) is 12.0. The van der Waals surface area contributed by atoms with Crippen LogP contribution < -0.4 is 5.32 Å². The van der Waals surface area contributed by atoms with E-state index in [1.807, 2.05) is 6.92 Å². The van der Waals surface area contributed by atoms with Crippen LogP contribution in [-0.2, 0) is 6.54 Å². The lowest BCUT2D eigenvalue weighted by Crippen LogP contribution is -2.14. The van der Waals surface area contributed by atoms with Crippen molar-refractivity contribution in [2.24, 2.45) is 0 Å². The van der Waals surface area contributed by atoms with Gasteiger partial charge in [0.05, 0.1) is 15.7 Å². The van der Waals surface area contributed by atoms with Crippen LogP contribution >= 0.6 is 23.2 Å². The average molecular weight is 298 g/mol. The molecule has 0 unspecified atom stereocenters. The Balaban J connectivity index is 2.16. The Morgan fingerprint density at radius 1 is 1.32 bits per heavy atom. The van der Waals surface area contributed by atoms with Gasteiger partial charge in [0, 0.05) is 12.7 Å². The lowest BCUT2D eigenvalue weighted by Gasteiger charge is -2.07. The first kappa shape index (κ1) is 13.9. The zero-order chi connectivity index (χ0) is 13.8. The summed E-state index contributed by atoms with van der Waals surface area (Å²) in [7, 11) is 0. The van der Waals surface area contributed by atoms with Crippen LogP contribution in [0.1, 0.15) is 23.8 Å². The molecule has 0 aliphatic rings. The number of nitrogens with zero attached hydrogens (tertiary/aromatic N) is 2. The molecule has 0 aliphatic heterocycles. The fraction of sp³-hybridized carbons (Fsp3) is 0.231. The lowest BCUT2D eigenvalue weighted by atomic mass is 10.3. The summed E-state index contributed by atoms with van der Waals surface area (Å²) in [6.07, 6.45) is 2.73. The predicted molar refractivity (Wildman–Crippen MR) is 76.9 cm³/mol. The van der Waals surface area contributed by atoms with Gasteiger partial charge in [-0.05, 0) is 24.6 Å². The van der Waals surface area contributed by atoms with Gasteiger partial charge in [-0.15, -0.1) is 0 Å². The lowest BCUT2D eigenvalue weighted by molar-refractivity contribution is 0.102. The Bertz CT molecular complexity index is 575. The molecule has 0 fully saturated rings. The van der Waals surface area contributed by atoms with Crippen molar-refractivity contribution in [1.29, 1.82) is 0 Å². The Kier molecular flexibility index (Phi) is 4.45. The second-order valence-corrected chi connectivity index (χ2v) is 4.83. The fourth-order valence-corrected chi connectivity index (χ4v) is 2.12. The predicted octanol–water partition coefficient (Wildman–Crippen LogP) is 3.85. The third-order valence-corrected chi connectivity index (χ3v) is 3.16. The molecule has 0 saturated carbocycles. The van der Waals surface area contributed by atoms with E-state index < -0.39 is 0 Å². The highest BCUT2D eigenvalue weighted by Crippen LogP contribution is 2.30. The number of benzene rings is 1. The standard InChI is InChI=1S/C13H13Cl2N3O/c1-2-7-18-8-6-11(17-18)13(19)16-12-9(14)4-3-5-10(12)15/h3-6,8H,2,7H2,1H3,(H,16,19). The molecule has 0 aliphatic carbocycles. The monoisotopic (exact) mass is 297 g/mol. The number of hydrogen-bond donors (Lipinski definition) is 1. The first-order chi connectivity index (χ1) is 9.11. The molecule has 0 atom stereocenters. The molecular weight excluding hydrogens is 285 g/mol. The highest BCUT2D eigenvalue weighted by Gasteiger charge is 2.13. The summed E-state index contributed by atoms with van der Waals surface area (Å²) >= 11 is 12.0. The summed E-state index contributed by atoms with van der Waals surface area (Å²) in [5, 5.41) is 7.64. The van der Waals surface area contributed by atoms with Gasteiger partial charge < -0.3 is 5.32 Å². The minimum atomic E-state index is -0.329. The quantitative estimate of drug-likeness (QED) is 0.932. The molecule has 2 aromatic rings. The van der Waals surface area contributed by atoms with E-state index in [0.717, 1.165) is 13.0 Å². The van der Waals surface area contributed by atoms with E-state index >= 15 is 0 Å². The highest BCUT2D eigenvalue weighted by atomic mass is 35.5. The van der Waals surface area contributed by atoms with Gasteiger partial charge >= 0.3 is 0 Å². The minimum absolute atomic E-state index is 0.329. The van der Waals surface area contributed by atoms with Crippen LogP contribution in [0, 0.1) is 0 Å². The van der Waals surface area contributed by atoms with Crippen molar-refractivity contribution in [1.82, 2.24) is 9.78 Å². The van der Waals surface area contributed by atoms with Crippen LogP contribution in [0.5, 0.6) is 0 Å². The number of aryl methyl sites for hydroxylation is 1. The van der Waals surface area contributed by atoms with E-state index in [1.54, 1.807) is 35.1 Å². The van der Waals surface area contributed by atoms with Gasteiger partial charge in [0.15, 0.2) is 5.69 Å². The number of hydrogen-bond acceptors (Lipinski definition) is 2. The van der Waals surface area contributed by atoms with Crippen LogP contribution in [0.25, 0.3) is 0 Å². The Labute approximate surface area is 121 Å². The molecule has 0 radical (unpaired) electrons. The van der Waals surface area contributed by atoms with E-state index in [1.165, 1.54) is 0 Å². The van der Waals surface area contributed by atoms with Gasteiger partial charge in [-0.1, -0.05) is 36.2 Å². The van der Waals surface area contributed by atoms with Gasteiger partial charge in [-0.3, -0.25) is 9.48 Å². The van der Waals surface area contributed by atoms with E-state index in [2.05, 4.69) is 10.4 Å². The maximum absolute atomic E-state index is 12.0. The number of rotatable bonds is 4. The molecule has 1 aromatic carbocycles. The normalized spacial score (nSPS) is 10.5. The molecule has 1 amide bonds. The fourth-order valence-electron chi connectivity index (χ4n) is 1.63. The van der Waals surface area contributed by atoms with Crippen LogP contribution in [0.15, 0.2) is 30.5 Å². The number of aromatic nitrogens is 2. The molecular formula is C13H13Cl2N3O. The largest absolute Gasteiger partial charge is 0.318 e. The van der Waals surface area contributed by atoms with E-state index in [4.69, 9.17) is 23.2 Å². The van der Waals surface area contributed by atoms with Crippen molar-refractivity contribution < 1.29 is 4.79 Å². The first-order valence-electron chi connectivity index (χ1n) is 5.90. The summed E-state index contributed by atoms with van der Waals surface area (Å²) in [6.45, 7) is 2.82. The number of amides is 1. The van der Waals surface area contributed by atoms with Crippen molar-refractivity contribution in [2.45, 2.75) is 19.9 Å². The molecule has 4 nitrogen and oxygen atoms in total. The molecule has 100 valence electrons. The SMILES string of the molecule is CCCn1ccc(C(=O)Nc2c(Cl)cccc2Cl)n1. The van der Waals surface area contributed by atoms with E-state index in [-0.39, 0.29) is 5.91 Å². The number of carbonyl (C=O) groups is 1. The molecule has 0 saturated heterocycles. The molecule has 19 heavy (non-hydrogen) atoms. The third kappa shape index (κ3) is 3.28. The first-order valence-corrected chi connectivity index (χ1v) is 6.66. The molecule has 0 bridgehead atoms.